The van der Waals surface area contributed by atoms with E-state index in [0.717, 1.165) is 0 Å². The molecule has 0 aliphatic carbocycles. The van der Waals surface area contributed by atoms with E-state index in [-0.39, 0.29) is 25.3 Å². The van der Waals surface area contributed by atoms with E-state index < -0.39 is 48.2 Å². The molecule has 13 heteroatoms. The van der Waals surface area contributed by atoms with E-state index in [1.807, 2.05) is 0 Å². The molecule has 166 valence electrons. The van der Waals surface area contributed by atoms with Gasteiger partial charge in [-0.3, -0.25) is 19.4 Å². The Morgan fingerprint density at radius 1 is 0.897 bits per heavy atom. The fourth-order valence-corrected chi connectivity index (χ4v) is 2.36. The van der Waals surface area contributed by atoms with Gasteiger partial charge in [0.15, 0.2) is 5.96 Å². The van der Waals surface area contributed by atoms with Gasteiger partial charge in [0, 0.05) is 6.54 Å². The normalized spacial score (nSPS) is 13.6. The third-order valence-electron chi connectivity index (χ3n) is 3.90. The van der Waals surface area contributed by atoms with Crippen molar-refractivity contribution >= 4 is 29.7 Å². The molecule has 0 aromatic heterocycles. The molecule has 13 N–H and O–H groups in total. The molecule has 3 amide bonds. The van der Waals surface area contributed by atoms with Gasteiger partial charge in [0.05, 0.1) is 12.5 Å². The molecular formula is C16H32N8O5. The summed E-state index contributed by atoms with van der Waals surface area (Å²) in [7, 11) is 0. The highest BCUT2D eigenvalue weighted by atomic mass is 16.4. The van der Waals surface area contributed by atoms with E-state index in [1.54, 1.807) is 0 Å². The second-order valence-corrected chi connectivity index (χ2v) is 6.47. The van der Waals surface area contributed by atoms with Crippen LogP contribution in [-0.2, 0) is 19.2 Å². The van der Waals surface area contributed by atoms with Crippen molar-refractivity contribution in [3.63, 3.8) is 0 Å². The van der Waals surface area contributed by atoms with Gasteiger partial charge < -0.3 is 44.4 Å². The van der Waals surface area contributed by atoms with Crippen LogP contribution in [0.4, 0.5) is 0 Å². The van der Waals surface area contributed by atoms with Crippen LogP contribution < -0.4 is 39.3 Å². The second-order valence-electron chi connectivity index (χ2n) is 6.47. The first-order chi connectivity index (χ1) is 13.6. The second kappa shape index (κ2) is 14.1. The molecule has 0 aromatic carbocycles. The van der Waals surface area contributed by atoms with Crippen molar-refractivity contribution in [2.24, 2.45) is 33.7 Å². The zero-order valence-corrected chi connectivity index (χ0v) is 16.3. The molecule has 0 rings (SSSR count). The number of nitrogens with one attached hydrogen (secondary N) is 2. The molecule has 3 unspecified atom stereocenters. The molecule has 3 atom stereocenters. The molecule has 0 heterocycles. The van der Waals surface area contributed by atoms with Crippen LogP contribution in [0.5, 0.6) is 0 Å². The first-order valence-corrected chi connectivity index (χ1v) is 9.21. The molecule has 0 fully saturated rings. The molecule has 13 nitrogen and oxygen atoms in total. The average molecular weight is 416 g/mol. The summed E-state index contributed by atoms with van der Waals surface area (Å²) in [6.45, 7) is 0.641. The Labute approximate surface area is 168 Å². The van der Waals surface area contributed by atoms with Gasteiger partial charge in [0.1, 0.15) is 12.1 Å². The smallest absolute Gasteiger partial charge is 0.326 e. The van der Waals surface area contributed by atoms with Crippen LogP contribution in [0.3, 0.4) is 0 Å². The Morgan fingerprint density at radius 3 is 2.03 bits per heavy atom. The molecular weight excluding hydrogens is 384 g/mol. The minimum Gasteiger partial charge on any atom is -0.480 e. The molecule has 0 radical (unpaired) electrons. The molecule has 0 aliphatic rings. The number of rotatable bonds is 15. The number of carboxylic acids is 1. The third kappa shape index (κ3) is 12.2. The van der Waals surface area contributed by atoms with Crippen molar-refractivity contribution in [1.29, 1.82) is 0 Å². The molecule has 0 bridgehead atoms. The number of aliphatic carboxylic acids is 1. The number of primary amides is 1. The fourth-order valence-electron chi connectivity index (χ4n) is 2.36. The number of carbonyl (C=O) groups excluding carboxylic acids is 3. The number of nitrogens with two attached hydrogens (primary N) is 5. The first kappa shape index (κ1) is 26.1. The van der Waals surface area contributed by atoms with E-state index in [2.05, 4.69) is 15.6 Å². The Kier molecular flexibility index (Phi) is 12.7. The predicted molar refractivity (Wildman–Crippen MR) is 106 cm³/mol. The number of carboxylic acid groups (broad SMARTS) is 1. The highest BCUT2D eigenvalue weighted by Crippen LogP contribution is 2.03. The van der Waals surface area contributed by atoms with E-state index in [4.69, 9.17) is 28.7 Å². The lowest BCUT2D eigenvalue weighted by atomic mass is 10.1. The van der Waals surface area contributed by atoms with E-state index in [0.29, 0.717) is 25.8 Å². The zero-order chi connectivity index (χ0) is 22.4. The first-order valence-electron chi connectivity index (χ1n) is 9.21. The number of nitrogens with zero attached hydrogens (tertiary/aromatic N) is 1. The Morgan fingerprint density at radius 2 is 1.52 bits per heavy atom. The monoisotopic (exact) mass is 416 g/mol. The maximum Gasteiger partial charge on any atom is 0.326 e. The summed E-state index contributed by atoms with van der Waals surface area (Å²) in [4.78, 5) is 51.0. The number of amides is 3. The van der Waals surface area contributed by atoms with Crippen LogP contribution >= 0.6 is 0 Å². The summed E-state index contributed by atoms with van der Waals surface area (Å²) in [5, 5.41) is 13.9. The number of guanidine groups is 1. The quantitative estimate of drug-likeness (QED) is 0.0744. The highest BCUT2D eigenvalue weighted by Gasteiger charge is 2.28. The van der Waals surface area contributed by atoms with E-state index >= 15 is 0 Å². The predicted octanol–water partition coefficient (Wildman–Crippen LogP) is -3.57. The van der Waals surface area contributed by atoms with Gasteiger partial charge in [-0.25, -0.2) is 4.79 Å². The summed E-state index contributed by atoms with van der Waals surface area (Å²) < 4.78 is 0. The van der Waals surface area contributed by atoms with Gasteiger partial charge >= 0.3 is 5.97 Å². The topological polar surface area (TPSA) is 255 Å². The summed E-state index contributed by atoms with van der Waals surface area (Å²) in [6, 6.07) is -3.51. The number of hydrogen-bond donors (Lipinski definition) is 8. The SMILES string of the molecule is NCCCCC(N)C(=O)NC(CC(N)=O)C(=O)NC(CCCN=C(N)N)C(=O)O. The maximum absolute atomic E-state index is 12.4. The maximum atomic E-state index is 12.4. The Hall–Kier alpha value is -2.93. The number of aliphatic imine (C=N–C) groups is 1. The average Bonchev–Trinajstić information content (AvgIpc) is 2.62. The lowest BCUT2D eigenvalue weighted by Gasteiger charge is -2.22. The number of hydrogen-bond acceptors (Lipinski definition) is 7. The highest BCUT2D eigenvalue weighted by molar-refractivity contribution is 5.94. The van der Waals surface area contributed by atoms with Crippen molar-refractivity contribution in [2.45, 2.75) is 56.7 Å². The van der Waals surface area contributed by atoms with Crippen LogP contribution in [-0.4, -0.2) is 66.0 Å². The van der Waals surface area contributed by atoms with Crippen molar-refractivity contribution in [1.82, 2.24) is 10.6 Å². The number of carbonyl (C=O) groups is 4. The Balaban J connectivity index is 4.93. The van der Waals surface area contributed by atoms with Crippen molar-refractivity contribution < 1.29 is 24.3 Å². The summed E-state index contributed by atoms with van der Waals surface area (Å²) in [6.07, 6.45) is 1.46. The summed E-state index contributed by atoms with van der Waals surface area (Å²) >= 11 is 0. The minimum absolute atomic E-state index is 0.0354. The van der Waals surface area contributed by atoms with E-state index in [1.165, 1.54) is 0 Å². The molecule has 0 saturated carbocycles. The lowest BCUT2D eigenvalue weighted by molar-refractivity contribution is -0.142. The minimum atomic E-state index is -1.35. The van der Waals surface area contributed by atoms with Gasteiger partial charge in [-0.2, -0.15) is 0 Å². The van der Waals surface area contributed by atoms with Crippen molar-refractivity contribution in [2.75, 3.05) is 13.1 Å². The molecule has 0 aromatic rings. The van der Waals surface area contributed by atoms with Crippen molar-refractivity contribution in [3.05, 3.63) is 0 Å². The fraction of sp³-hybridized carbons (Fsp3) is 0.688. The van der Waals surface area contributed by atoms with Crippen LogP contribution in [0, 0.1) is 0 Å². The third-order valence-corrected chi connectivity index (χ3v) is 3.90. The van der Waals surface area contributed by atoms with E-state index in [9.17, 15) is 24.3 Å². The molecule has 0 aliphatic heterocycles. The van der Waals surface area contributed by atoms with Gasteiger partial charge in [0.2, 0.25) is 17.7 Å². The van der Waals surface area contributed by atoms with Crippen molar-refractivity contribution in [3.8, 4) is 0 Å². The van der Waals surface area contributed by atoms with Crippen LogP contribution in [0.1, 0.15) is 38.5 Å². The van der Waals surface area contributed by atoms with Crippen LogP contribution in [0.15, 0.2) is 4.99 Å². The Bertz CT molecular complexity index is 594. The number of unbranched alkanes of at least 4 members (excludes halogenated alkanes) is 1. The van der Waals surface area contributed by atoms with Crippen LogP contribution in [0.25, 0.3) is 0 Å². The zero-order valence-electron chi connectivity index (χ0n) is 16.3. The summed E-state index contributed by atoms with van der Waals surface area (Å²) in [5.41, 5.74) is 26.6. The van der Waals surface area contributed by atoms with Gasteiger partial charge in [-0.1, -0.05) is 6.42 Å². The summed E-state index contributed by atoms with van der Waals surface area (Å²) in [5.74, 6) is -3.77. The standard InChI is InChI=1S/C16H32N8O5/c17-6-2-1-4-9(18)13(26)24-11(8-12(19)25)14(27)23-10(15(28)29)5-3-7-22-16(20)21/h9-11H,1-8,17-18H2,(H2,19,25)(H,23,27)(H,24,26)(H,28,29)(H4,20,21,22). The van der Waals surface area contributed by atoms with Crippen LogP contribution in [0.2, 0.25) is 0 Å². The molecule has 29 heavy (non-hydrogen) atoms. The largest absolute Gasteiger partial charge is 0.480 e. The van der Waals surface area contributed by atoms with Gasteiger partial charge in [0.25, 0.3) is 0 Å². The lowest BCUT2D eigenvalue weighted by Crippen LogP contribution is -2.55. The van der Waals surface area contributed by atoms with Gasteiger partial charge in [-0.05, 0) is 32.2 Å². The van der Waals surface area contributed by atoms with Gasteiger partial charge in [-0.15, -0.1) is 0 Å². The molecule has 0 saturated heterocycles. The molecule has 0 spiro atoms.